The minimum atomic E-state index is -0.0382. The summed E-state index contributed by atoms with van der Waals surface area (Å²) in [7, 11) is 0. The highest BCUT2D eigenvalue weighted by Crippen LogP contribution is 2.40. The minimum absolute atomic E-state index is 0.0286. The molecule has 0 aliphatic carbocycles. The molecular weight excluding hydrogens is 386 g/mol. The second-order valence-corrected chi connectivity index (χ2v) is 7.93. The number of nitrogens with zero attached hydrogens (tertiary/aromatic N) is 6. The van der Waals surface area contributed by atoms with Crippen molar-refractivity contribution >= 4 is 29.1 Å². The average molecular weight is 405 g/mol. The van der Waals surface area contributed by atoms with Crippen LogP contribution in [0.15, 0.2) is 41.3 Å². The van der Waals surface area contributed by atoms with Gasteiger partial charge in [0.15, 0.2) is 17.3 Å². The maximum absolute atomic E-state index is 12.5. The Balaban J connectivity index is 1.65. The summed E-state index contributed by atoms with van der Waals surface area (Å²) >= 11 is 1.70. The normalized spacial score (nSPS) is 16.1. The van der Waals surface area contributed by atoms with Crippen molar-refractivity contribution in [3.8, 4) is 5.82 Å². The molecule has 8 nitrogen and oxygen atoms in total. The van der Waals surface area contributed by atoms with E-state index in [2.05, 4.69) is 51.1 Å². The Kier molecular flexibility index (Phi) is 4.13. The number of hydrogen-bond donors (Lipinski definition) is 1. The molecule has 1 amide bonds. The largest absolute Gasteiger partial charge is 0.310 e. The van der Waals surface area contributed by atoms with Crippen molar-refractivity contribution in [2.24, 2.45) is 0 Å². The number of thioether (sulfide) groups is 1. The van der Waals surface area contributed by atoms with Crippen LogP contribution in [-0.2, 0) is 4.79 Å². The highest BCUT2D eigenvalue weighted by atomic mass is 32.2. The van der Waals surface area contributed by atoms with Crippen LogP contribution in [0.25, 0.3) is 11.5 Å². The molecule has 1 aromatic carbocycles. The van der Waals surface area contributed by atoms with Gasteiger partial charge in [0, 0.05) is 22.8 Å². The quantitative estimate of drug-likeness (QED) is 0.527. The van der Waals surface area contributed by atoms with Crippen LogP contribution in [0.4, 0.5) is 5.82 Å². The number of anilines is 1. The lowest BCUT2D eigenvalue weighted by atomic mass is 9.86. The van der Waals surface area contributed by atoms with Crippen LogP contribution in [0.1, 0.15) is 35.0 Å². The molecule has 0 saturated carbocycles. The van der Waals surface area contributed by atoms with Crippen LogP contribution < -0.4 is 5.32 Å². The Morgan fingerprint density at radius 1 is 1.07 bits per heavy atom. The summed E-state index contributed by atoms with van der Waals surface area (Å²) in [5.74, 6) is 1.90. The standard InChI is InChI=1S/C20H19N7OS/c1-11-19-15(13-4-6-14(29-3)7-5-13)10-18(28)21-20(19)27(24-11)17-9-8-16-23-22-12(2)26(16)25-17/h4-9,15H,10H2,1-3H3,(H,21,28). The third kappa shape index (κ3) is 2.89. The van der Waals surface area contributed by atoms with E-state index in [-0.39, 0.29) is 11.8 Å². The molecule has 29 heavy (non-hydrogen) atoms. The van der Waals surface area contributed by atoms with Gasteiger partial charge < -0.3 is 5.32 Å². The summed E-state index contributed by atoms with van der Waals surface area (Å²) in [6, 6.07) is 12.1. The Morgan fingerprint density at radius 2 is 1.86 bits per heavy atom. The number of amides is 1. The molecular formula is C20H19N7OS. The molecule has 0 saturated heterocycles. The van der Waals surface area contributed by atoms with Crippen LogP contribution in [0.2, 0.25) is 0 Å². The van der Waals surface area contributed by atoms with E-state index < -0.39 is 0 Å². The van der Waals surface area contributed by atoms with Gasteiger partial charge in [0.05, 0.1) is 5.69 Å². The van der Waals surface area contributed by atoms with E-state index in [1.807, 2.05) is 26.0 Å². The first-order chi connectivity index (χ1) is 14.0. The van der Waals surface area contributed by atoms with E-state index in [9.17, 15) is 4.79 Å². The zero-order valence-electron chi connectivity index (χ0n) is 16.2. The van der Waals surface area contributed by atoms with Gasteiger partial charge in [-0.05, 0) is 49.9 Å². The van der Waals surface area contributed by atoms with Crippen molar-refractivity contribution in [3.05, 3.63) is 59.0 Å². The molecule has 3 aromatic heterocycles. The Morgan fingerprint density at radius 3 is 2.62 bits per heavy atom. The van der Waals surface area contributed by atoms with Gasteiger partial charge in [0.25, 0.3) is 0 Å². The van der Waals surface area contributed by atoms with Crippen molar-refractivity contribution in [1.29, 1.82) is 0 Å². The SMILES string of the molecule is CSc1ccc(C2CC(=O)Nc3c2c(C)nn3-c2ccc3nnc(C)n3n2)cc1. The molecule has 5 rings (SSSR count). The molecule has 1 aliphatic rings. The van der Waals surface area contributed by atoms with E-state index in [0.29, 0.717) is 29.5 Å². The summed E-state index contributed by atoms with van der Waals surface area (Å²) in [4.78, 5) is 13.7. The van der Waals surface area contributed by atoms with Crippen LogP contribution in [0, 0.1) is 13.8 Å². The van der Waals surface area contributed by atoms with Gasteiger partial charge in [-0.2, -0.15) is 14.3 Å². The number of benzene rings is 1. The first kappa shape index (κ1) is 17.9. The average Bonchev–Trinajstić information content (AvgIpc) is 3.27. The minimum Gasteiger partial charge on any atom is -0.310 e. The Hall–Kier alpha value is -3.20. The molecule has 0 fully saturated rings. The smallest absolute Gasteiger partial charge is 0.226 e. The predicted molar refractivity (Wildman–Crippen MR) is 111 cm³/mol. The molecule has 9 heteroatoms. The number of fused-ring (bicyclic) bond motifs is 2. The van der Waals surface area contributed by atoms with Crippen LogP contribution in [-0.4, -0.2) is 41.8 Å². The molecule has 1 aliphatic heterocycles. The molecule has 0 radical (unpaired) electrons. The molecule has 0 bridgehead atoms. The van der Waals surface area contributed by atoms with Crippen molar-refractivity contribution in [1.82, 2.24) is 29.6 Å². The van der Waals surface area contributed by atoms with E-state index >= 15 is 0 Å². The molecule has 1 N–H and O–H groups in total. The van der Waals surface area contributed by atoms with Crippen molar-refractivity contribution in [2.45, 2.75) is 31.1 Å². The Bertz CT molecular complexity index is 1240. The van der Waals surface area contributed by atoms with Gasteiger partial charge in [0.2, 0.25) is 5.91 Å². The Labute approximate surface area is 171 Å². The second kappa shape index (κ2) is 6.70. The molecule has 4 heterocycles. The first-order valence-electron chi connectivity index (χ1n) is 9.28. The lowest BCUT2D eigenvalue weighted by Gasteiger charge is -2.24. The molecule has 0 spiro atoms. The lowest BCUT2D eigenvalue weighted by Crippen LogP contribution is -2.25. The van der Waals surface area contributed by atoms with Gasteiger partial charge in [-0.3, -0.25) is 4.79 Å². The summed E-state index contributed by atoms with van der Waals surface area (Å²) in [5.41, 5.74) is 3.68. The van der Waals surface area contributed by atoms with Crippen molar-refractivity contribution in [3.63, 3.8) is 0 Å². The number of nitrogens with one attached hydrogen (secondary N) is 1. The van der Waals surface area contributed by atoms with Crippen molar-refractivity contribution in [2.75, 3.05) is 11.6 Å². The zero-order valence-corrected chi connectivity index (χ0v) is 17.1. The van der Waals surface area contributed by atoms with Gasteiger partial charge >= 0.3 is 0 Å². The first-order valence-corrected chi connectivity index (χ1v) is 10.5. The fraction of sp³-hybridized carbons (Fsp3) is 0.250. The fourth-order valence-corrected chi connectivity index (χ4v) is 4.24. The fourth-order valence-electron chi connectivity index (χ4n) is 3.83. The number of carbonyl (C=O) groups excluding carboxylic acids is 1. The molecule has 146 valence electrons. The summed E-state index contributed by atoms with van der Waals surface area (Å²) in [6.07, 6.45) is 2.45. The highest BCUT2D eigenvalue weighted by molar-refractivity contribution is 7.98. The summed E-state index contributed by atoms with van der Waals surface area (Å²) in [6.45, 7) is 3.81. The molecule has 1 unspecified atom stereocenters. The maximum atomic E-state index is 12.5. The highest BCUT2D eigenvalue weighted by Gasteiger charge is 2.33. The number of hydrogen-bond acceptors (Lipinski definition) is 6. The number of aryl methyl sites for hydroxylation is 2. The van der Waals surface area contributed by atoms with Gasteiger partial charge in [-0.1, -0.05) is 12.1 Å². The maximum Gasteiger partial charge on any atom is 0.226 e. The van der Waals surface area contributed by atoms with E-state index in [4.69, 9.17) is 5.10 Å². The van der Waals surface area contributed by atoms with Crippen LogP contribution >= 0.6 is 11.8 Å². The second-order valence-electron chi connectivity index (χ2n) is 7.05. The van der Waals surface area contributed by atoms with E-state index in [1.54, 1.807) is 21.0 Å². The summed E-state index contributed by atoms with van der Waals surface area (Å²) in [5, 5.41) is 20.4. The van der Waals surface area contributed by atoms with Gasteiger partial charge in [-0.15, -0.1) is 27.1 Å². The monoisotopic (exact) mass is 405 g/mol. The van der Waals surface area contributed by atoms with Crippen molar-refractivity contribution < 1.29 is 4.79 Å². The van der Waals surface area contributed by atoms with Crippen LogP contribution in [0.3, 0.4) is 0 Å². The third-order valence-corrected chi connectivity index (χ3v) is 5.99. The van der Waals surface area contributed by atoms with Crippen LogP contribution in [0.5, 0.6) is 0 Å². The molecule has 1 atom stereocenters. The van der Waals surface area contributed by atoms with E-state index in [0.717, 1.165) is 16.8 Å². The zero-order chi connectivity index (χ0) is 20.1. The molecule has 4 aromatic rings. The number of carbonyl (C=O) groups is 1. The van der Waals surface area contributed by atoms with E-state index in [1.165, 1.54) is 4.90 Å². The summed E-state index contributed by atoms with van der Waals surface area (Å²) < 4.78 is 3.37. The topological polar surface area (TPSA) is 90.0 Å². The predicted octanol–water partition coefficient (Wildman–Crippen LogP) is 3.12. The van der Waals surface area contributed by atoms with Gasteiger partial charge in [0.1, 0.15) is 5.82 Å². The number of aromatic nitrogens is 6. The number of rotatable bonds is 3. The lowest BCUT2D eigenvalue weighted by molar-refractivity contribution is -0.116. The van der Waals surface area contributed by atoms with Gasteiger partial charge in [-0.25, -0.2) is 0 Å². The third-order valence-electron chi connectivity index (χ3n) is 5.24.